The molecule has 0 amide bonds. The molecule has 0 aliphatic carbocycles. The van der Waals surface area contributed by atoms with Crippen LogP contribution >= 0.6 is 0 Å². The van der Waals surface area contributed by atoms with Crippen LogP contribution in [0, 0.1) is 5.82 Å². The number of halogens is 1. The molecule has 0 unspecified atom stereocenters. The zero-order valence-electron chi connectivity index (χ0n) is 14.9. The highest BCUT2D eigenvalue weighted by molar-refractivity contribution is 5.64. The maximum atomic E-state index is 12.9. The van der Waals surface area contributed by atoms with Gasteiger partial charge in [0.15, 0.2) is 0 Å². The molecule has 2 nitrogen and oxygen atoms in total. The van der Waals surface area contributed by atoms with Gasteiger partial charge in [0, 0.05) is 6.54 Å². The molecule has 3 rings (SSSR count). The molecule has 0 atom stereocenters. The van der Waals surface area contributed by atoms with Crippen molar-refractivity contribution in [3.8, 4) is 11.5 Å². The Hall–Kier alpha value is -2.13. The Morgan fingerprint density at radius 2 is 1.48 bits per heavy atom. The van der Waals surface area contributed by atoms with Gasteiger partial charge >= 0.3 is 0 Å². The van der Waals surface area contributed by atoms with Gasteiger partial charge < -0.3 is 4.74 Å². The van der Waals surface area contributed by atoms with E-state index in [1.54, 1.807) is 12.1 Å². The van der Waals surface area contributed by atoms with E-state index in [0.717, 1.165) is 12.3 Å². The summed E-state index contributed by atoms with van der Waals surface area (Å²) in [5.74, 6) is 1.14. The Bertz CT molecular complexity index is 683. The number of hydrogen-bond donors (Lipinski definition) is 0. The molecule has 0 radical (unpaired) electrons. The maximum absolute atomic E-state index is 12.9. The first-order chi connectivity index (χ1) is 12.2. The molecule has 0 aromatic heterocycles. The normalized spacial score (nSPS) is 16.5. The molecule has 2 aromatic rings. The van der Waals surface area contributed by atoms with Gasteiger partial charge in [-0.25, -0.2) is 4.39 Å². The van der Waals surface area contributed by atoms with Crippen LogP contribution in [0.5, 0.6) is 11.5 Å². The van der Waals surface area contributed by atoms with Crippen molar-refractivity contribution in [2.45, 2.75) is 32.6 Å². The summed E-state index contributed by atoms with van der Waals surface area (Å²) >= 11 is 0. The van der Waals surface area contributed by atoms with Crippen LogP contribution in [0.4, 0.5) is 4.39 Å². The lowest BCUT2D eigenvalue weighted by molar-refractivity contribution is 0.316. The second kappa shape index (κ2) is 8.82. The van der Waals surface area contributed by atoms with E-state index in [2.05, 4.69) is 30.0 Å². The molecule has 132 valence electrons. The van der Waals surface area contributed by atoms with E-state index in [0.29, 0.717) is 5.75 Å². The number of hydrogen-bond acceptors (Lipinski definition) is 2. The fourth-order valence-corrected chi connectivity index (χ4v) is 3.13. The Labute approximate surface area is 149 Å². The van der Waals surface area contributed by atoms with Crippen molar-refractivity contribution in [1.29, 1.82) is 0 Å². The Balaban J connectivity index is 1.58. The number of likely N-dealkylation sites (tertiary alicyclic amines) is 1. The fourth-order valence-electron chi connectivity index (χ4n) is 3.13. The predicted octanol–water partition coefficient (Wildman–Crippen LogP) is 5.90. The molecule has 1 heterocycles. The standard InChI is InChI=1S/C22H26FNO/c1-18(14-17-24-15-4-2-3-5-16-24)19-6-10-21(11-7-19)25-22-12-8-20(23)9-13-22/h6-14H,2-5,15-17H2,1H3. The quantitative estimate of drug-likeness (QED) is 0.672. The van der Waals surface area contributed by atoms with Crippen molar-refractivity contribution >= 4 is 5.57 Å². The van der Waals surface area contributed by atoms with Crippen LogP contribution in [-0.2, 0) is 0 Å². The minimum Gasteiger partial charge on any atom is -0.457 e. The fraction of sp³-hybridized carbons (Fsp3) is 0.364. The van der Waals surface area contributed by atoms with Crippen molar-refractivity contribution < 1.29 is 9.13 Å². The Morgan fingerprint density at radius 3 is 2.08 bits per heavy atom. The summed E-state index contributed by atoms with van der Waals surface area (Å²) in [4.78, 5) is 2.54. The van der Waals surface area contributed by atoms with Gasteiger partial charge in [0.05, 0.1) is 0 Å². The number of benzene rings is 2. The highest BCUT2D eigenvalue weighted by Gasteiger charge is 2.07. The Morgan fingerprint density at radius 1 is 0.920 bits per heavy atom. The average Bonchev–Trinajstić information content (AvgIpc) is 2.91. The molecule has 1 aliphatic rings. The van der Waals surface area contributed by atoms with Gasteiger partial charge in [0.2, 0.25) is 0 Å². The predicted molar refractivity (Wildman–Crippen MR) is 101 cm³/mol. The number of ether oxygens (including phenoxy) is 1. The Kier molecular flexibility index (Phi) is 6.24. The summed E-state index contributed by atoms with van der Waals surface area (Å²) in [5, 5.41) is 0. The van der Waals surface area contributed by atoms with E-state index < -0.39 is 0 Å². The van der Waals surface area contributed by atoms with Crippen LogP contribution in [-0.4, -0.2) is 24.5 Å². The largest absolute Gasteiger partial charge is 0.457 e. The molecule has 2 aromatic carbocycles. The summed E-state index contributed by atoms with van der Waals surface area (Å²) in [6, 6.07) is 14.1. The van der Waals surface area contributed by atoms with E-state index in [4.69, 9.17) is 4.74 Å². The molecule has 1 fully saturated rings. The van der Waals surface area contributed by atoms with E-state index in [-0.39, 0.29) is 5.82 Å². The van der Waals surface area contributed by atoms with Gasteiger partial charge in [-0.2, -0.15) is 0 Å². The van der Waals surface area contributed by atoms with Crippen LogP contribution in [0.15, 0.2) is 54.6 Å². The zero-order chi connectivity index (χ0) is 17.5. The number of nitrogens with zero attached hydrogens (tertiary/aromatic N) is 1. The highest BCUT2D eigenvalue weighted by atomic mass is 19.1. The van der Waals surface area contributed by atoms with Gasteiger partial charge in [-0.3, -0.25) is 4.90 Å². The van der Waals surface area contributed by atoms with Crippen molar-refractivity contribution in [3.05, 3.63) is 66.0 Å². The second-order valence-corrected chi connectivity index (χ2v) is 6.68. The molecular formula is C22H26FNO. The van der Waals surface area contributed by atoms with Crippen LogP contribution < -0.4 is 4.74 Å². The second-order valence-electron chi connectivity index (χ2n) is 6.68. The maximum Gasteiger partial charge on any atom is 0.127 e. The van der Waals surface area contributed by atoms with Gasteiger partial charge in [-0.15, -0.1) is 0 Å². The minimum absolute atomic E-state index is 0.257. The van der Waals surface area contributed by atoms with Crippen LogP contribution in [0.3, 0.4) is 0 Å². The summed E-state index contributed by atoms with van der Waals surface area (Å²) < 4.78 is 18.7. The lowest BCUT2D eigenvalue weighted by atomic mass is 10.1. The highest BCUT2D eigenvalue weighted by Crippen LogP contribution is 2.24. The van der Waals surface area contributed by atoms with Gasteiger partial charge in [-0.1, -0.05) is 31.1 Å². The average molecular weight is 339 g/mol. The molecule has 0 bridgehead atoms. The smallest absolute Gasteiger partial charge is 0.127 e. The molecule has 25 heavy (non-hydrogen) atoms. The van der Waals surface area contributed by atoms with Crippen LogP contribution in [0.1, 0.15) is 38.2 Å². The van der Waals surface area contributed by atoms with Gasteiger partial charge in [-0.05, 0) is 80.4 Å². The lowest BCUT2D eigenvalue weighted by Gasteiger charge is -2.18. The van der Waals surface area contributed by atoms with E-state index in [1.165, 1.54) is 62.0 Å². The monoisotopic (exact) mass is 339 g/mol. The third kappa shape index (κ3) is 5.43. The zero-order valence-corrected chi connectivity index (χ0v) is 14.9. The van der Waals surface area contributed by atoms with E-state index in [9.17, 15) is 4.39 Å². The first kappa shape index (κ1) is 17.7. The lowest BCUT2D eigenvalue weighted by Crippen LogP contribution is -2.24. The van der Waals surface area contributed by atoms with Gasteiger partial charge in [0.25, 0.3) is 0 Å². The van der Waals surface area contributed by atoms with Crippen molar-refractivity contribution in [1.82, 2.24) is 4.90 Å². The molecule has 0 spiro atoms. The van der Waals surface area contributed by atoms with E-state index >= 15 is 0 Å². The molecule has 1 saturated heterocycles. The molecule has 3 heteroatoms. The van der Waals surface area contributed by atoms with Crippen molar-refractivity contribution in [2.75, 3.05) is 19.6 Å². The summed E-state index contributed by atoms with van der Waals surface area (Å²) in [5.41, 5.74) is 2.50. The summed E-state index contributed by atoms with van der Waals surface area (Å²) in [6.07, 6.45) is 7.70. The molecule has 1 aliphatic heterocycles. The third-order valence-corrected chi connectivity index (χ3v) is 4.71. The summed E-state index contributed by atoms with van der Waals surface area (Å²) in [6.45, 7) is 5.62. The van der Waals surface area contributed by atoms with E-state index in [1.807, 2.05) is 12.1 Å². The SMILES string of the molecule is CC(=CCN1CCCCCC1)c1ccc(Oc2ccc(F)cc2)cc1. The molecule has 0 saturated carbocycles. The van der Waals surface area contributed by atoms with Gasteiger partial charge in [0.1, 0.15) is 17.3 Å². The summed E-state index contributed by atoms with van der Waals surface area (Å²) in [7, 11) is 0. The number of rotatable bonds is 5. The van der Waals surface area contributed by atoms with Crippen LogP contribution in [0.25, 0.3) is 5.57 Å². The molecular weight excluding hydrogens is 313 g/mol. The van der Waals surface area contributed by atoms with Crippen molar-refractivity contribution in [2.24, 2.45) is 0 Å². The first-order valence-corrected chi connectivity index (χ1v) is 9.14. The first-order valence-electron chi connectivity index (χ1n) is 9.14. The third-order valence-electron chi connectivity index (χ3n) is 4.71. The molecule has 0 N–H and O–H groups in total. The number of allylic oxidation sites excluding steroid dienone is 1. The minimum atomic E-state index is -0.257. The van der Waals surface area contributed by atoms with Crippen LogP contribution in [0.2, 0.25) is 0 Å². The van der Waals surface area contributed by atoms with Crippen molar-refractivity contribution in [3.63, 3.8) is 0 Å². The topological polar surface area (TPSA) is 12.5 Å².